The number of likely N-dealkylation sites (N-methyl/N-ethyl adjacent to an activating group) is 1. The largest absolute Gasteiger partial charge is 0.756 e. The van der Waals surface area contributed by atoms with E-state index < -0.39 is 13.9 Å². The van der Waals surface area contributed by atoms with Gasteiger partial charge in [-0.05, 0) is 12.8 Å². The molecule has 2 atom stereocenters. The van der Waals surface area contributed by atoms with Gasteiger partial charge in [0.05, 0.1) is 34.4 Å². The van der Waals surface area contributed by atoms with Gasteiger partial charge in [-0.1, -0.05) is 117 Å². The Labute approximate surface area is 236 Å². The van der Waals surface area contributed by atoms with Gasteiger partial charge in [0, 0.05) is 13.2 Å². The van der Waals surface area contributed by atoms with Gasteiger partial charge in [-0.2, -0.15) is 0 Å². The summed E-state index contributed by atoms with van der Waals surface area (Å²) in [6, 6.07) is 0. The van der Waals surface area contributed by atoms with Gasteiger partial charge in [0.15, 0.2) is 0 Å². The van der Waals surface area contributed by atoms with Crippen molar-refractivity contribution in [2.75, 3.05) is 60.7 Å². The van der Waals surface area contributed by atoms with Crippen LogP contribution in [0.5, 0.6) is 0 Å². The molecule has 0 radical (unpaired) electrons. The van der Waals surface area contributed by atoms with Crippen LogP contribution in [0.3, 0.4) is 0 Å². The summed E-state index contributed by atoms with van der Waals surface area (Å²) < 4.78 is 34.9. The van der Waals surface area contributed by atoms with Gasteiger partial charge in [-0.15, -0.1) is 0 Å². The second-order valence-corrected chi connectivity index (χ2v) is 13.2. The van der Waals surface area contributed by atoms with E-state index in [9.17, 15) is 9.46 Å². The normalized spacial score (nSPS) is 14.6. The Morgan fingerprint density at radius 1 is 0.605 bits per heavy atom. The Morgan fingerprint density at radius 3 is 1.53 bits per heavy atom. The molecule has 0 aromatic rings. The van der Waals surface area contributed by atoms with Gasteiger partial charge in [0.2, 0.25) is 0 Å². The van der Waals surface area contributed by atoms with E-state index in [4.69, 9.17) is 18.5 Å². The molecule has 0 aliphatic rings. The number of hydrogen-bond acceptors (Lipinski definition) is 6. The minimum absolute atomic E-state index is 0.0691. The average molecular weight is 566 g/mol. The molecule has 0 rings (SSSR count). The lowest BCUT2D eigenvalue weighted by Gasteiger charge is -2.28. The molecular weight excluding hydrogens is 501 g/mol. The van der Waals surface area contributed by atoms with Crippen molar-refractivity contribution in [3.63, 3.8) is 0 Å². The molecule has 8 heteroatoms. The maximum atomic E-state index is 12.2. The van der Waals surface area contributed by atoms with E-state index in [1.165, 1.54) is 96.3 Å². The van der Waals surface area contributed by atoms with Crippen LogP contribution < -0.4 is 4.89 Å². The molecule has 0 spiro atoms. The van der Waals surface area contributed by atoms with Gasteiger partial charge in [0.1, 0.15) is 19.3 Å². The van der Waals surface area contributed by atoms with Crippen LogP contribution in [-0.2, 0) is 23.1 Å². The first-order valence-electron chi connectivity index (χ1n) is 15.8. The monoisotopic (exact) mass is 565 g/mol. The maximum absolute atomic E-state index is 12.2. The van der Waals surface area contributed by atoms with Crippen molar-refractivity contribution in [3.8, 4) is 0 Å². The van der Waals surface area contributed by atoms with Gasteiger partial charge < -0.3 is 27.9 Å². The van der Waals surface area contributed by atoms with Crippen LogP contribution in [0.1, 0.15) is 129 Å². The lowest BCUT2D eigenvalue weighted by molar-refractivity contribution is -0.870. The van der Waals surface area contributed by atoms with Gasteiger partial charge in [0.25, 0.3) is 7.82 Å². The topological polar surface area (TPSA) is 77.1 Å². The summed E-state index contributed by atoms with van der Waals surface area (Å²) >= 11 is 0. The molecule has 0 amide bonds. The van der Waals surface area contributed by atoms with Gasteiger partial charge >= 0.3 is 0 Å². The number of ether oxygens (including phenoxy) is 2. The predicted molar refractivity (Wildman–Crippen MR) is 157 cm³/mol. The minimum Gasteiger partial charge on any atom is -0.756 e. The predicted octanol–water partition coefficient (Wildman–Crippen LogP) is 7.66. The molecule has 0 saturated heterocycles. The summed E-state index contributed by atoms with van der Waals surface area (Å²) in [4.78, 5) is 12.2. The Balaban J connectivity index is 4.20. The van der Waals surface area contributed by atoms with E-state index in [0.717, 1.165) is 19.3 Å². The zero-order chi connectivity index (χ0) is 28.4. The number of hydrogen-bond donors (Lipinski definition) is 0. The van der Waals surface area contributed by atoms with Crippen molar-refractivity contribution in [1.29, 1.82) is 0 Å². The van der Waals surface area contributed by atoms with Crippen LogP contribution in [0, 0.1) is 0 Å². The number of quaternary nitrogens is 1. The molecule has 38 heavy (non-hydrogen) atoms. The fourth-order valence-electron chi connectivity index (χ4n) is 4.17. The summed E-state index contributed by atoms with van der Waals surface area (Å²) in [5.74, 6) is 0. The molecule has 0 aromatic heterocycles. The Hall–Kier alpha value is -0.0100. The quantitative estimate of drug-likeness (QED) is 0.0506. The molecule has 0 bridgehead atoms. The lowest BCUT2D eigenvalue weighted by Crippen LogP contribution is -2.37. The fourth-order valence-corrected chi connectivity index (χ4v) is 4.90. The first-order valence-corrected chi connectivity index (χ1v) is 17.3. The van der Waals surface area contributed by atoms with Gasteiger partial charge in [-0.25, -0.2) is 0 Å². The third-order valence-corrected chi connectivity index (χ3v) is 7.69. The number of nitrogens with zero attached hydrogens (tertiary/aromatic N) is 1. The van der Waals surface area contributed by atoms with Gasteiger partial charge in [-0.3, -0.25) is 4.57 Å². The van der Waals surface area contributed by atoms with Crippen molar-refractivity contribution >= 4 is 7.82 Å². The zero-order valence-corrected chi connectivity index (χ0v) is 26.8. The molecule has 0 saturated carbocycles. The highest BCUT2D eigenvalue weighted by Gasteiger charge is 2.17. The van der Waals surface area contributed by atoms with Crippen LogP contribution in [0.4, 0.5) is 0 Å². The van der Waals surface area contributed by atoms with Crippen molar-refractivity contribution in [2.45, 2.75) is 136 Å². The van der Waals surface area contributed by atoms with Crippen LogP contribution in [0.15, 0.2) is 0 Å². The zero-order valence-electron chi connectivity index (χ0n) is 25.9. The Bertz CT molecular complexity index is 543. The highest BCUT2D eigenvalue weighted by Crippen LogP contribution is 2.38. The molecule has 7 nitrogen and oxygen atoms in total. The first-order chi connectivity index (χ1) is 18.2. The van der Waals surface area contributed by atoms with Crippen LogP contribution in [-0.4, -0.2) is 71.3 Å². The molecule has 0 N–H and O–H groups in total. The van der Waals surface area contributed by atoms with Crippen molar-refractivity contribution in [3.05, 3.63) is 0 Å². The van der Waals surface area contributed by atoms with E-state index in [2.05, 4.69) is 13.8 Å². The van der Waals surface area contributed by atoms with Crippen molar-refractivity contribution < 1.29 is 32.5 Å². The highest BCUT2D eigenvalue weighted by atomic mass is 31.2. The summed E-state index contributed by atoms with van der Waals surface area (Å²) in [7, 11) is 1.60. The molecule has 0 aromatic carbocycles. The second kappa shape index (κ2) is 25.9. The van der Waals surface area contributed by atoms with E-state index in [-0.39, 0.29) is 13.2 Å². The fraction of sp³-hybridized carbons (Fsp3) is 1.00. The van der Waals surface area contributed by atoms with Crippen LogP contribution in [0.25, 0.3) is 0 Å². The summed E-state index contributed by atoms with van der Waals surface area (Å²) in [5.41, 5.74) is 0. The molecule has 0 aliphatic carbocycles. The summed E-state index contributed by atoms with van der Waals surface area (Å²) in [6.07, 6.45) is 22.3. The minimum atomic E-state index is -4.36. The molecule has 0 heterocycles. The number of rotatable bonds is 30. The standard InChI is InChI=1S/C30H64NO6P/c1-6-8-10-12-14-16-18-20-22-25-34-28-30(29-37-38(32,33)36-27-24-31(3,4)5)35-26-23-21-19-17-15-13-11-9-7-2/h30H,6-29H2,1-5H3. The second-order valence-electron chi connectivity index (χ2n) is 11.8. The van der Waals surface area contributed by atoms with Crippen molar-refractivity contribution in [1.82, 2.24) is 0 Å². The molecular formula is C30H64NO6P. The van der Waals surface area contributed by atoms with E-state index in [1.54, 1.807) is 0 Å². The number of phosphoric ester groups is 1. The number of phosphoric acid groups is 1. The summed E-state index contributed by atoms with van der Waals surface area (Å²) in [6.45, 7) is 6.71. The summed E-state index contributed by atoms with van der Waals surface area (Å²) in [5, 5.41) is 0. The SMILES string of the molecule is CCCCCCCCCCCOCC(COP(=O)([O-])OCC[N+](C)(C)C)OCCCCCCCCCCC. The highest BCUT2D eigenvalue weighted by molar-refractivity contribution is 7.45. The average Bonchev–Trinajstić information content (AvgIpc) is 2.85. The van der Waals surface area contributed by atoms with Crippen LogP contribution in [0.2, 0.25) is 0 Å². The molecule has 0 aliphatic heterocycles. The Morgan fingerprint density at radius 2 is 1.05 bits per heavy atom. The van der Waals surface area contributed by atoms with E-state index in [0.29, 0.717) is 30.8 Å². The van der Waals surface area contributed by atoms with Crippen molar-refractivity contribution in [2.24, 2.45) is 0 Å². The first kappa shape index (κ1) is 38.0. The maximum Gasteiger partial charge on any atom is 0.268 e. The molecule has 2 unspecified atom stereocenters. The van der Waals surface area contributed by atoms with Crippen LogP contribution >= 0.6 is 7.82 Å². The lowest BCUT2D eigenvalue weighted by atomic mass is 10.1. The smallest absolute Gasteiger partial charge is 0.268 e. The molecule has 0 fully saturated rings. The van der Waals surface area contributed by atoms with E-state index in [1.807, 2.05) is 21.1 Å². The Kier molecular flexibility index (Phi) is 25.9. The third kappa shape index (κ3) is 29.0. The number of unbranched alkanes of at least 4 members (excludes halogenated alkanes) is 16. The third-order valence-electron chi connectivity index (χ3n) is 6.73. The molecule has 230 valence electrons. The van der Waals surface area contributed by atoms with E-state index >= 15 is 0 Å².